The summed E-state index contributed by atoms with van der Waals surface area (Å²) in [6, 6.07) is 9.01. The highest BCUT2D eigenvalue weighted by Gasteiger charge is 2.17. The molecule has 0 amide bonds. The van der Waals surface area contributed by atoms with E-state index in [1.54, 1.807) is 16.7 Å². The zero-order valence-corrected chi connectivity index (χ0v) is 17.2. The quantitative estimate of drug-likeness (QED) is 0.397. The highest BCUT2D eigenvalue weighted by molar-refractivity contribution is 6.01. The minimum absolute atomic E-state index is 0.0900. The summed E-state index contributed by atoms with van der Waals surface area (Å²) in [5.41, 5.74) is 17.4. The molecule has 2 aromatic carbocycles. The molecule has 0 spiro atoms. The maximum atomic E-state index is 15.0. The molecule has 5 aromatic rings. The van der Waals surface area contributed by atoms with Crippen molar-refractivity contribution in [2.75, 3.05) is 16.8 Å². The Morgan fingerprint density at radius 1 is 1.06 bits per heavy atom. The van der Waals surface area contributed by atoms with Gasteiger partial charge in [0.25, 0.3) is 6.01 Å². The maximum absolute atomic E-state index is 15.0. The summed E-state index contributed by atoms with van der Waals surface area (Å²) < 4.78 is 22.5. The summed E-state index contributed by atoms with van der Waals surface area (Å²) in [5.74, 6) is -0.121. The van der Waals surface area contributed by atoms with E-state index in [4.69, 9.17) is 15.9 Å². The molecule has 0 saturated carbocycles. The second-order valence-electron chi connectivity index (χ2n) is 7.59. The Hall–Kier alpha value is -4.14. The van der Waals surface area contributed by atoms with Crippen molar-refractivity contribution in [3.63, 3.8) is 0 Å². The van der Waals surface area contributed by atoms with Gasteiger partial charge in [0.05, 0.1) is 11.1 Å². The Morgan fingerprint density at radius 2 is 1.87 bits per heavy atom. The Balaban J connectivity index is 1.53. The first-order chi connectivity index (χ1) is 14.8. The Bertz CT molecular complexity index is 1490. The van der Waals surface area contributed by atoms with Gasteiger partial charge in [0.2, 0.25) is 5.95 Å². The van der Waals surface area contributed by atoms with E-state index >= 15 is 0 Å². The van der Waals surface area contributed by atoms with E-state index in [9.17, 15) is 4.39 Å². The minimum atomic E-state index is -0.459. The first kappa shape index (κ1) is 18.9. The molecule has 3 heterocycles. The van der Waals surface area contributed by atoms with Crippen LogP contribution in [0, 0.1) is 19.7 Å². The fourth-order valence-corrected chi connectivity index (χ4v) is 3.86. The molecule has 0 fully saturated rings. The largest absolute Gasteiger partial charge is 0.423 e. The van der Waals surface area contributed by atoms with Crippen LogP contribution in [0.5, 0.6) is 0 Å². The molecular weight excluding hydrogens is 397 g/mol. The molecule has 156 valence electrons. The zero-order chi connectivity index (χ0) is 21.9. The van der Waals surface area contributed by atoms with E-state index in [0.29, 0.717) is 27.7 Å². The lowest BCUT2D eigenvalue weighted by atomic mass is 10.1. The third kappa shape index (κ3) is 3.10. The van der Waals surface area contributed by atoms with Gasteiger partial charge in [-0.1, -0.05) is 12.1 Å². The third-order valence-electron chi connectivity index (χ3n) is 5.20. The van der Waals surface area contributed by atoms with Gasteiger partial charge in [-0.15, -0.1) is 0 Å². The summed E-state index contributed by atoms with van der Waals surface area (Å²) in [6.07, 6.45) is 1.82. The van der Waals surface area contributed by atoms with Gasteiger partial charge in [0.1, 0.15) is 22.8 Å². The standard InChI is InChI=1S/C22H20FN7O/c1-10-6-11(2)18-16(7-10)27-22(31-18)26-15-5-4-12(8-14(15)23)13-9-30(3)20-17(13)19(24)28-21(25)29-20/h4-9H,1-3H3,(H,26,27)(H4,24,25,28,29). The summed E-state index contributed by atoms with van der Waals surface area (Å²) in [4.78, 5) is 12.7. The predicted molar refractivity (Wildman–Crippen MR) is 119 cm³/mol. The van der Waals surface area contributed by atoms with Gasteiger partial charge in [-0.05, 0) is 48.7 Å². The number of nitrogen functional groups attached to an aromatic ring is 2. The van der Waals surface area contributed by atoms with Crippen LogP contribution < -0.4 is 16.8 Å². The average molecular weight is 417 g/mol. The molecule has 0 saturated heterocycles. The second kappa shape index (κ2) is 6.69. The molecule has 0 unspecified atom stereocenters. The van der Waals surface area contributed by atoms with Crippen molar-refractivity contribution in [3.05, 3.63) is 53.5 Å². The molecule has 5 N–H and O–H groups in total. The van der Waals surface area contributed by atoms with Crippen molar-refractivity contribution in [2.45, 2.75) is 13.8 Å². The smallest absolute Gasteiger partial charge is 0.300 e. The zero-order valence-electron chi connectivity index (χ0n) is 17.2. The summed E-state index contributed by atoms with van der Waals surface area (Å²) >= 11 is 0. The van der Waals surface area contributed by atoms with Gasteiger partial charge in [-0.3, -0.25) is 0 Å². The fraction of sp³-hybridized carbons (Fsp3) is 0.136. The number of anilines is 4. The molecule has 8 nitrogen and oxygen atoms in total. The summed E-state index contributed by atoms with van der Waals surface area (Å²) in [6.45, 7) is 3.94. The molecular formula is C22H20FN7O. The Kier molecular flexibility index (Phi) is 4.07. The van der Waals surface area contributed by atoms with E-state index in [1.165, 1.54) is 6.07 Å². The van der Waals surface area contributed by atoms with Gasteiger partial charge in [-0.2, -0.15) is 15.0 Å². The number of nitrogens with two attached hydrogens (primary N) is 2. The van der Waals surface area contributed by atoms with Crippen LogP contribution >= 0.6 is 0 Å². The fourth-order valence-electron chi connectivity index (χ4n) is 3.86. The van der Waals surface area contributed by atoms with E-state index in [-0.39, 0.29) is 23.5 Å². The van der Waals surface area contributed by atoms with Crippen LogP contribution in [-0.4, -0.2) is 19.5 Å². The van der Waals surface area contributed by atoms with Crippen molar-refractivity contribution in [1.29, 1.82) is 0 Å². The lowest BCUT2D eigenvalue weighted by Gasteiger charge is -2.07. The number of nitrogens with zero attached hydrogens (tertiary/aromatic N) is 4. The van der Waals surface area contributed by atoms with Crippen LogP contribution in [-0.2, 0) is 7.05 Å². The van der Waals surface area contributed by atoms with E-state index in [0.717, 1.165) is 16.6 Å². The van der Waals surface area contributed by atoms with Gasteiger partial charge in [-0.25, -0.2) is 4.39 Å². The number of oxazole rings is 1. The van der Waals surface area contributed by atoms with Gasteiger partial charge >= 0.3 is 0 Å². The second-order valence-corrected chi connectivity index (χ2v) is 7.59. The Labute approximate surface area is 176 Å². The molecule has 3 aromatic heterocycles. The molecule has 5 rings (SSSR count). The van der Waals surface area contributed by atoms with Crippen LogP contribution in [0.1, 0.15) is 11.1 Å². The van der Waals surface area contributed by atoms with Crippen molar-refractivity contribution < 1.29 is 8.81 Å². The molecule has 31 heavy (non-hydrogen) atoms. The molecule has 0 atom stereocenters. The molecule has 0 radical (unpaired) electrons. The normalized spacial score (nSPS) is 11.5. The third-order valence-corrected chi connectivity index (χ3v) is 5.20. The molecule has 0 bridgehead atoms. The van der Waals surface area contributed by atoms with Crippen LogP contribution in [0.2, 0.25) is 0 Å². The van der Waals surface area contributed by atoms with Gasteiger partial charge < -0.3 is 25.8 Å². The highest BCUT2D eigenvalue weighted by Crippen LogP contribution is 2.35. The number of halogens is 1. The minimum Gasteiger partial charge on any atom is -0.423 e. The predicted octanol–water partition coefficient (Wildman–Crippen LogP) is 4.44. The Morgan fingerprint density at radius 3 is 2.65 bits per heavy atom. The molecule has 9 heteroatoms. The number of hydrogen-bond donors (Lipinski definition) is 3. The van der Waals surface area contributed by atoms with Crippen LogP contribution in [0.3, 0.4) is 0 Å². The lowest BCUT2D eigenvalue weighted by Crippen LogP contribution is -2.01. The first-order valence-corrected chi connectivity index (χ1v) is 9.63. The van der Waals surface area contributed by atoms with Gasteiger partial charge in [0.15, 0.2) is 5.58 Å². The highest BCUT2D eigenvalue weighted by atomic mass is 19.1. The van der Waals surface area contributed by atoms with E-state index in [2.05, 4.69) is 20.3 Å². The van der Waals surface area contributed by atoms with E-state index in [1.807, 2.05) is 39.2 Å². The summed E-state index contributed by atoms with van der Waals surface area (Å²) in [7, 11) is 1.82. The monoisotopic (exact) mass is 417 g/mol. The number of aryl methyl sites for hydroxylation is 3. The van der Waals surface area contributed by atoms with Crippen LogP contribution in [0.4, 0.5) is 27.9 Å². The topological polar surface area (TPSA) is 121 Å². The summed E-state index contributed by atoms with van der Waals surface area (Å²) in [5, 5.41) is 3.55. The number of rotatable bonds is 3. The number of aromatic nitrogens is 4. The number of benzene rings is 2. The maximum Gasteiger partial charge on any atom is 0.300 e. The average Bonchev–Trinajstić information content (AvgIpc) is 3.24. The first-order valence-electron chi connectivity index (χ1n) is 9.63. The number of hydrogen-bond acceptors (Lipinski definition) is 7. The van der Waals surface area contributed by atoms with Crippen molar-refractivity contribution in [2.24, 2.45) is 7.05 Å². The van der Waals surface area contributed by atoms with Crippen LogP contribution in [0.25, 0.3) is 33.3 Å². The molecule has 0 aliphatic carbocycles. The molecule has 0 aliphatic heterocycles. The molecule has 0 aliphatic rings. The lowest BCUT2D eigenvalue weighted by molar-refractivity contribution is 0.610. The van der Waals surface area contributed by atoms with Crippen LogP contribution in [0.15, 0.2) is 40.9 Å². The van der Waals surface area contributed by atoms with E-state index < -0.39 is 5.82 Å². The van der Waals surface area contributed by atoms with Crippen molar-refractivity contribution in [1.82, 2.24) is 19.5 Å². The SMILES string of the molecule is Cc1cc(C)c2oc(Nc3ccc(-c4cn(C)c5nc(N)nc(N)c45)cc3F)nc2c1. The van der Waals surface area contributed by atoms with Gasteiger partial charge in [0, 0.05) is 18.8 Å². The number of fused-ring (bicyclic) bond motifs is 2. The number of nitrogens with one attached hydrogen (secondary N) is 1. The van der Waals surface area contributed by atoms with Crippen molar-refractivity contribution in [3.8, 4) is 11.1 Å². The van der Waals surface area contributed by atoms with Crippen molar-refractivity contribution >= 4 is 45.6 Å².